The molecule has 1 saturated heterocycles. The van der Waals surface area contributed by atoms with Crippen LogP contribution in [0.1, 0.15) is 23.2 Å². The number of anilines is 1. The van der Waals surface area contributed by atoms with E-state index in [0.717, 1.165) is 12.8 Å². The Morgan fingerprint density at radius 3 is 2.70 bits per heavy atom. The Hall–Kier alpha value is -1.95. The second-order valence-corrected chi connectivity index (χ2v) is 5.05. The predicted octanol–water partition coefficient (Wildman–Crippen LogP) is 1.05. The lowest BCUT2D eigenvalue weighted by Gasteiger charge is -2.25. The van der Waals surface area contributed by atoms with Crippen LogP contribution >= 0.6 is 0 Å². The zero-order valence-corrected chi connectivity index (χ0v) is 11.5. The van der Waals surface area contributed by atoms with E-state index in [9.17, 15) is 9.90 Å². The highest BCUT2D eigenvalue weighted by Crippen LogP contribution is 2.37. The average molecular weight is 278 g/mol. The zero-order chi connectivity index (χ0) is 14.3. The summed E-state index contributed by atoms with van der Waals surface area (Å²) in [7, 11) is 3.07. The van der Waals surface area contributed by atoms with Crippen LogP contribution in [0.15, 0.2) is 12.1 Å². The first-order valence-corrected chi connectivity index (χ1v) is 6.67. The first kappa shape index (κ1) is 13.1. The van der Waals surface area contributed by atoms with Gasteiger partial charge >= 0.3 is 0 Å². The zero-order valence-electron chi connectivity index (χ0n) is 11.5. The molecule has 2 aliphatic rings. The number of aliphatic hydroxyl groups excluding tert-OH is 1. The van der Waals surface area contributed by atoms with Crippen molar-refractivity contribution in [2.24, 2.45) is 0 Å². The average Bonchev–Trinajstić information content (AvgIpc) is 2.92. The van der Waals surface area contributed by atoms with Crippen LogP contribution in [0.4, 0.5) is 5.69 Å². The molecule has 2 heterocycles. The van der Waals surface area contributed by atoms with Gasteiger partial charge in [-0.2, -0.15) is 0 Å². The van der Waals surface area contributed by atoms with E-state index in [4.69, 9.17) is 9.47 Å². The van der Waals surface area contributed by atoms with Gasteiger partial charge in [0.1, 0.15) is 6.23 Å². The Morgan fingerprint density at radius 1 is 1.30 bits per heavy atom. The molecule has 2 aliphatic heterocycles. The summed E-state index contributed by atoms with van der Waals surface area (Å²) in [6.45, 7) is 0.677. The van der Waals surface area contributed by atoms with E-state index < -0.39 is 6.23 Å². The summed E-state index contributed by atoms with van der Waals surface area (Å²) >= 11 is 0. The van der Waals surface area contributed by atoms with Gasteiger partial charge in [-0.25, -0.2) is 0 Å². The molecule has 20 heavy (non-hydrogen) atoms. The van der Waals surface area contributed by atoms with Gasteiger partial charge in [0.25, 0.3) is 5.91 Å². The van der Waals surface area contributed by atoms with Gasteiger partial charge in [0.05, 0.1) is 31.5 Å². The van der Waals surface area contributed by atoms with E-state index >= 15 is 0 Å². The van der Waals surface area contributed by atoms with Crippen LogP contribution < -0.4 is 14.8 Å². The molecule has 108 valence electrons. The molecule has 0 saturated carbocycles. The van der Waals surface area contributed by atoms with Crippen LogP contribution in [-0.4, -0.2) is 48.9 Å². The molecule has 1 amide bonds. The molecule has 0 aliphatic carbocycles. The highest BCUT2D eigenvalue weighted by Gasteiger charge is 2.38. The summed E-state index contributed by atoms with van der Waals surface area (Å²) in [5.74, 6) is 0.960. The van der Waals surface area contributed by atoms with Crippen LogP contribution in [0.25, 0.3) is 0 Å². The summed E-state index contributed by atoms with van der Waals surface area (Å²) in [6, 6.07) is 3.18. The molecule has 0 bridgehead atoms. The number of fused-ring (bicyclic) bond motifs is 2. The first-order chi connectivity index (χ1) is 9.65. The standard InChI is InChI=1S/C14H18N2O4/c1-19-11-6-8-9(7-12(11)20-2)15-13(17)10-4-3-5-16(10)14(8)18/h6-7,10,13,15,17H,3-5H2,1-2H3. The molecule has 1 aromatic carbocycles. The highest BCUT2D eigenvalue weighted by atomic mass is 16.5. The number of benzene rings is 1. The number of carbonyl (C=O) groups excluding carboxylic acids is 1. The van der Waals surface area contributed by atoms with E-state index in [1.165, 1.54) is 14.2 Å². The van der Waals surface area contributed by atoms with Gasteiger partial charge in [0, 0.05) is 12.6 Å². The number of hydrogen-bond acceptors (Lipinski definition) is 5. The van der Waals surface area contributed by atoms with Crippen molar-refractivity contribution in [2.45, 2.75) is 25.1 Å². The second-order valence-electron chi connectivity index (χ2n) is 5.05. The molecule has 0 spiro atoms. The normalized spacial score (nSPS) is 24.6. The Labute approximate surface area is 117 Å². The van der Waals surface area contributed by atoms with Crippen LogP contribution in [0, 0.1) is 0 Å². The maximum absolute atomic E-state index is 12.6. The summed E-state index contributed by atoms with van der Waals surface area (Å²) in [5, 5.41) is 13.2. The Morgan fingerprint density at radius 2 is 2.00 bits per heavy atom. The SMILES string of the molecule is COc1cc2c(cc1OC)C(=O)N1CCCC1C(O)N2. The summed E-state index contributed by atoms with van der Waals surface area (Å²) in [4.78, 5) is 14.3. The van der Waals surface area contributed by atoms with Crippen LogP contribution in [0.3, 0.4) is 0 Å². The molecule has 6 nitrogen and oxygen atoms in total. The third kappa shape index (κ3) is 1.87. The lowest BCUT2D eigenvalue weighted by molar-refractivity contribution is 0.0581. The number of nitrogens with one attached hydrogen (secondary N) is 1. The molecule has 2 atom stereocenters. The highest BCUT2D eigenvalue weighted by molar-refractivity contribution is 6.01. The number of amides is 1. The van der Waals surface area contributed by atoms with E-state index in [1.807, 2.05) is 0 Å². The fourth-order valence-electron chi connectivity index (χ4n) is 2.96. The van der Waals surface area contributed by atoms with Crippen molar-refractivity contribution in [3.05, 3.63) is 17.7 Å². The quantitative estimate of drug-likeness (QED) is 0.846. The number of carbonyl (C=O) groups is 1. The molecular weight excluding hydrogens is 260 g/mol. The largest absolute Gasteiger partial charge is 0.493 e. The van der Waals surface area contributed by atoms with Gasteiger partial charge in [0.15, 0.2) is 11.5 Å². The molecule has 1 aromatic rings. The molecule has 6 heteroatoms. The minimum Gasteiger partial charge on any atom is -0.493 e. The molecule has 0 aromatic heterocycles. The van der Waals surface area contributed by atoms with Crippen molar-refractivity contribution in [1.82, 2.24) is 4.90 Å². The minimum absolute atomic E-state index is 0.0764. The number of methoxy groups -OCH3 is 2. The van der Waals surface area contributed by atoms with Crippen molar-refractivity contribution in [3.63, 3.8) is 0 Å². The van der Waals surface area contributed by atoms with E-state index in [-0.39, 0.29) is 11.9 Å². The van der Waals surface area contributed by atoms with Crippen LogP contribution in [-0.2, 0) is 0 Å². The van der Waals surface area contributed by atoms with Crippen molar-refractivity contribution in [2.75, 3.05) is 26.1 Å². The van der Waals surface area contributed by atoms with Crippen LogP contribution in [0.2, 0.25) is 0 Å². The van der Waals surface area contributed by atoms with Crippen molar-refractivity contribution < 1.29 is 19.4 Å². The minimum atomic E-state index is -0.763. The molecule has 3 rings (SSSR count). The van der Waals surface area contributed by atoms with E-state index in [0.29, 0.717) is 29.3 Å². The van der Waals surface area contributed by atoms with Crippen molar-refractivity contribution >= 4 is 11.6 Å². The van der Waals surface area contributed by atoms with Gasteiger partial charge in [-0.1, -0.05) is 0 Å². The molecule has 2 unspecified atom stereocenters. The van der Waals surface area contributed by atoms with Gasteiger partial charge < -0.3 is 24.8 Å². The Kier molecular flexibility index (Phi) is 3.17. The number of nitrogens with zero attached hydrogens (tertiary/aromatic N) is 1. The van der Waals surface area contributed by atoms with Gasteiger partial charge in [-0.3, -0.25) is 4.79 Å². The van der Waals surface area contributed by atoms with Gasteiger partial charge in [-0.15, -0.1) is 0 Å². The lowest BCUT2D eigenvalue weighted by Crippen LogP contribution is -2.43. The lowest BCUT2D eigenvalue weighted by atomic mass is 10.1. The molecule has 2 N–H and O–H groups in total. The molecule has 1 fully saturated rings. The first-order valence-electron chi connectivity index (χ1n) is 6.67. The third-order valence-corrected chi connectivity index (χ3v) is 3.98. The third-order valence-electron chi connectivity index (χ3n) is 3.98. The predicted molar refractivity (Wildman–Crippen MR) is 73.2 cm³/mol. The maximum Gasteiger partial charge on any atom is 0.256 e. The number of aliphatic hydroxyl groups is 1. The fraction of sp³-hybridized carbons (Fsp3) is 0.500. The number of ether oxygens (including phenoxy) is 2. The summed E-state index contributed by atoms with van der Waals surface area (Å²) < 4.78 is 10.5. The van der Waals surface area contributed by atoms with Crippen molar-refractivity contribution in [3.8, 4) is 11.5 Å². The molecule has 0 radical (unpaired) electrons. The number of hydrogen-bond donors (Lipinski definition) is 2. The van der Waals surface area contributed by atoms with Gasteiger partial charge in [-0.05, 0) is 18.9 Å². The van der Waals surface area contributed by atoms with E-state index in [2.05, 4.69) is 5.32 Å². The van der Waals surface area contributed by atoms with Gasteiger partial charge in [0.2, 0.25) is 0 Å². The fourth-order valence-corrected chi connectivity index (χ4v) is 2.96. The van der Waals surface area contributed by atoms with E-state index in [1.54, 1.807) is 17.0 Å². The maximum atomic E-state index is 12.6. The number of rotatable bonds is 2. The Balaban J connectivity index is 2.10. The van der Waals surface area contributed by atoms with Crippen LogP contribution in [0.5, 0.6) is 11.5 Å². The second kappa shape index (κ2) is 4.86. The smallest absolute Gasteiger partial charge is 0.256 e. The monoisotopic (exact) mass is 278 g/mol. The summed E-state index contributed by atoms with van der Waals surface area (Å²) in [5.41, 5.74) is 1.08. The van der Waals surface area contributed by atoms with Crippen molar-refractivity contribution in [1.29, 1.82) is 0 Å². The Bertz CT molecular complexity index is 546. The topological polar surface area (TPSA) is 71.0 Å². The summed E-state index contributed by atoms with van der Waals surface area (Å²) in [6.07, 6.45) is 0.959. The molecular formula is C14H18N2O4.